The van der Waals surface area contributed by atoms with Crippen molar-refractivity contribution in [3.63, 3.8) is 0 Å². The third kappa shape index (κ3) is 2.02. The molecule has 5 heteroatoms. The topological polar surface area (TPSA) is 38.7 Å². The third-order valence-electron chi connectivity index (χ3n) is 2.52. The smallest absolute Gasteiger partial charge is 0.363 e. The van der Waals surface area contributed by atoms with Crippen LogP contribution in [0.25, 0.3) is 6.08 Å². The number of aryl methyl sites for hydroxylation is 1. The molecule has 0 aliphatic carbocycles. The summed E-state index contributed by atoms with van der Waals surface area (Å²) in [6.45, 7) is 2.01. The molecule has 3 heterocycles. The molecular weight excluding hydrogens is 266 g/mol. The maximum absolute atomic E-state index is 11.7. The van der Waals surface area contributed by atoms with Crippen molar-refractivity contribution in [1.29, 1.82) is 0 Å². The normalized spacial score (nSPS) is 17.1. The summed E-state index contributed by atoms with van der Waals surface area (Å²) in [5.74, 6) is 0.0154. The van der Waals surface area contributed by atoms with Crippen molar-refractivity contribution >= 4 is 40.6 Å². The third-order valence-corrected chi connectivity index (χ3v) is 4.35. The minimum atomic E-state index is -0.383. The van der Waals surface area contributed by atoms with Gasteiger partial charge in [-0.25, -0.2) is 9.79 Å². The minimum absolute atomic E-state index is 0.365. The highest BCUT2D eigenvalue weighted by molar-refractivity contribution is 7.12. The zero-order valence-corrected chi connectivity index (χ0v) is 11.2. The van der Waals surface area contributed by atoms with Crippen molar-refractivity contribution in [3.05, 3.63) is 50.0 Å². The van der Waals surface area contributed by atoms with Gasteiger partial charge in [-0.3, -0.25) is 0 Å². The number of cyclic esters (lactones) is 1. The van der Waals surface area contributed by atoms with Gasteiger partial charge in [0, 0.05) is 4.88 Å². The number of thiophene rings is 2. The first-order valence-corrected chi connectivity index (χ1v) is 7.10. The zero-order valence-electron chi connectivity index (χ0n) is 9.54. The highest BCUT2D eigenvalue weighted by Gasteiger charge is 2.24. The van der Waals surface area contributed by atoms with Crippen LogP contribution in [0.5, 0.6) is 0 Å². The molecule has 0 amide bonds. The van der Waals surface area contributed by atoms with E-state index in [0.29, 0.717) is 11.6 Å². The minimum Gasteiger partial charge on any atom is -0.401 e. The van der Waals surface area contributed by atoms with Crippen LogP contribution in [0, 0.1) is 6.92 Å². The van der Waals surface area contributed by atoms with E-state index in [1.165, 1.54) is 11.3 Å². The molecule has 1 aliphatic rings. The molecule has 0 unspecified atom stereocenters. The van der Waals surface area contributed by atoms with E-state index in [9.17, 15) is 4.79 Å². The van der Waals surface area contributed by atoms with Gasteiger partial charge in [0.05, 0.1) is 4.88 Å². The second-order valence-corrected chi connectivity index (χ2v) is 5.68. The molecule has 0 saturated heterocycles. The van der Waals surface area contributed by atoms with Crippen LogP contribution >= 0.6 is 22.7 Å². The number of carbonyl (C=O) groups is 1. The summed E-state index contributed by atoms with van der Waals surface area (Å²) in [5, 5.41) is 3.92. The van der Waals surface area contributed by atoms with Gasteiger partial charge in [0.1, 0.15) is 0 Å². The molecule has 0 fully saturated rings. The Morgan fingerprint density at radius 1 is 1.28 bits per heavy atom. The number of carbonyl (C=O) groups excluding carboxylic acids is 1. The first-order valence-electron chi connectivity index (χ1n) is 5.34. The van der Waals surface area contributed by atoms with E-state index in [0.717, 1.165) is 15.3 Å². The van der Waals surface area contributed by atoms with Crippen molar-refractivity contribution in [1.82, 2.24) is 0 Å². The molecule has 0 radical (unpaired) electrons. The molecule has 3 nitrogen and oxygen atoms in total. The Hall–Kier alpha value is -1.72. The average molecular weight is 275 g/mol. The Morgan fingerprint density at radius 3 is 2.83 bits per heavy atom. The second kappa shape index (κ2) is 4.51. The molecular formula is C13H9NO2S2. The monoisotopic (exact) mass is 275 g/mol. The van der Waals surface area contributed by atoms with Gasteiger partial charge in [-0.05, 0) is 41.5 Å². The number of hydrogen-bond donors (Lipinski definition) is 0. The van der Waals surface area contributed by atoms with Crippen molar-refractivity contribution in [2.75, 3.05) is 0 Å². The van der Waals surface area contributed by atoms with Crippen molar-refractivity contribution in [2.45, 2.75) is 6.92 Å². The molecule has 1 aliphatic heterocycles. The Morgan fingerprint density at radius 2 is 2.17 bits per heavy atom. The molecule has 90 valence electrons. The van der Waals surface area contributed by atoms with Crippen LogP contribution in [0.1, 0.15) is 15.3 Å². The highest BCUT2D eigenvalue weighted by atomic mass is 32.1. The summed E-state index contributed by atoms with van der Waals surface area (Å²) in [5.41, 5.74) is 1.50. The number of rotatable bonds is 2. The van der Waals surface area contributed by atoms with E-state index in [4.69, 9.17) is 4.74 Å². The standard InChI is InChI=1S/C13H9NO2S2/c1-8-4-6-18-11(8)7-9-13(15)16-12(14-9)10-3-2-5-17-10/h2-7H,1H3/b9-7+. The van der Waals surface area contributed by atoms with Gasteiger partial charge in [0.2, 0.25) is 5.90 Å². The highest BCUT2D eigenvalue weighted by Crippen LogP contribution is 2.24. The maximum atomic E-state index is 11.7. The predicted octanol–water partition coefficient (Wildman–Crippen LogP) is 3.46. The van der Waals surface area contributed by atoms with Crippen molar-refractivity contribution in [2.24, 2.45) is 4.99 Å². The van der Waals surface area contributed by atoms with Gasteiger partial charge < -0.3 is 4.74 Å². The fraction of sp³-hybridized carbons (Fsp3) is 0.0769. The fourth-order valence-electron chi connectivity index (χ4n) is 1.57. The molecule has 3 rings (SSSR count). The van der Waals surface area contributed by atoms with E-state index in [1.807, 2.05) is 35.9 Å². The summed E-state index contributed by atoms with van der Waals surface area (Å²) >= 11 is 3.09. The zero-order chi connectivity index (χ0) is 12.5. The van der Waals surface area contributed by atoms with E-state index in [2.05, 4.69) is 4.99 Å². The number of ether oxygens (including phenoxy) is 1. The Bertz CT molecular complexity index is 650. The molecule has 2 aromatic rings. The van der Waals surface area contributed by atoms with Gasteiger partial charge in [0.15, 0.2) is 5.70 Å². The Balaban J connectivity index is 1.97. The van der Waals surface area contributed by atoms with Crippen molar-refractivity contribution in [3.8, 4) is 0 Å². The average Bonchev–Trinajstić information content (AvgIpc) is 3.03. The first kappa shape index (κ1) is 11.4. The van der Waals surface area contributed by atoms with Gasteiger partial charge in [-0.15, -0.1) is 22.7 Å². The lowest BCUT2D eigenvalue weighted by atomic mass is 10.2. The molecule has 2 aromatic heterocycles. The summed E-state index contributed by atoms with van der Waals surface area (Å²) in [4.78, 5) is 17.9. The number of aliphatic imine (C=N–C) groups is 1. The van der Waals surface area contributed by atoms with E-state index in [1.54, 1.807) is 17.4 Å². The first-order chi connectivity index (χ1) is 8.74. The fourth-order valence-corrected chi connectivity index (χ4v) is 3.07. The van der Waals surface area contributed by atoms with Gasteiger partial charge in [-0.2, -0.15) is 0 Å². The number of nitrogens with zero attached hydrogens (tertiary/aromatic N) is 1. The molecule has 18 heavy (non-hydrogen) atoms. The van der Waals surface area contributed by atoms with Crippen LogP contribution in [0.4, 0.5) is 0 Å². The molecule has 0 spiro atoms. The number of esters is 1. The molecule has 0 saturated carbocycles. The largest absolute Gasteiger partial charge is 0.401 e. The lowest BCUT2D eigenvalue weighted by Gasteiger charge is -1.92. The maximum Gasteiger partial charge on any atom is 0.363 e. The summed E-state index contributed by atoms with van der Waals surface area (Å²) in [6, 6.07) is 5.80. The predicted molar refractivity (Wildman–Crippen MR) is 74.0 cm³/mol. The Kier molecular flexibility index (Phi) is 2.85. The second-order valence-electron chi connectivity index (χ2n) is 3.78. The van der Waals surface area contributed by atoms with Gasteiger partial charge in [0.25, 0.3) is 0 Å². The molecule has 0 N–H and O–H groups in total. The van der Waals surface area contributed by atoms with E-state index >= 15 is 0 Å². The summed E-state index contributed by atoms with van der Waals surface area (Å²) in [6.07, 6.45) is 1.78. The van der Waals surface area contributed by atoms with Crippen molar-refractivity contribution < 1.29 is 9.53 Å². The molecule has 0 aromatic carbocycles. The lowest BCUT2D eigenvalue weighted by molar-refractivity contribution is -0.129. The van der Waals surface area contributed by atoms with Crippen LogP contribution in [0.15, 0.2) is 39.6 Å². The number of hydrogen-bond acceptors (Lipinski definition) is 5. The SMILES string of the molecule is Cc1ccsc1/C=C1/N=C(c2cccs2)OC1=O. The molecule has 0 bridgehead atoms. The van der Waals surface area contributed by atoms with Crippen LogP contribution in [-0.4, -0.2) is 11.9 Å². The summed E-state index contributed by atoms with van der Waals surface area (Å²) in [7, 11) is 0. The van der Waals surface area contributed by atoms with E-state index in [-0.39, 0.29) is 5.97 Å². The van der Waals surface area contributed by atoms with Gasteiger partial charge in [-0.1, -0.05) is 6.07 Å². The molecule has 0 atom stereocenters. The lowest BCUT2D eigenvalue weighted by Crippen LogP contribution is -2.03. The van der Waals surface area contributed by atoms with Crippen LogP contribution < -0.4 is 0 Å². The van der Waals surface area contributed by atoms with Crippen LogP contribution in [0.3, 0.4) is 0 Å². The quantitative estimate of drug-likeness (QED) is 0.622. The Labute approximate surface area is 112 Å². The van der Waals surface area contributed by atoms with Gasteiger partial charge >= 0.3 is 5.97 Å². The van der Waals surface area contributed by atoms with Crippen LogP contribution in [0.2, 0.25) is 0 Å². The summed E-state index contributed by atoms with van der Waals surface area (Å²) < 4.78 is 5.16. The van der Waals surface area contributed by atoms with E-state index < -0.39 is 0 Å². The van der Waals surface area contributed by atoms with Crippen LogP contribution in [-0.2, 0) is 9.53 Å².